The van der Waals surface area contributed by atoms with Gasteiger partial charge in [-0.2, -0.15) is 13.2 Å². The SMILES string of the molecule is CC(N)CCC(=O)N1CCCC(C(F)(F)F)C1. The highest BCUT2D eigenvalue weighted by Crippen LogP contribution is 2.33. The Morgan fingerprint density at radius 3 is 2.71 bits per heavy atom. The number of alkyl halides is 3. The summed E-state index contributed by atoms with van der Waals surface area (Å²) in [5.41, 5.74) is 5.52. The highest BCUT2D eigenvalue weighted by atomic mass is 19.4. The molecule has 100 valence electrons. The molecule has 1 amide bonds. The third-order valence-corrected chi connectivity index (χ3v) is 3.05. The molecule has 2 atom stereocenters. The number of piperidine rings is 1. The summed E-state index contributed by atoms with van der Waals surface area (Å²) in [6, 6.07) is -0.0952. The molecule has 1 rings (SSSR count). The molecule has 1 fully saturated rings. The summed E-state index contributed by atoms with van der Waals surface area (Å²) < 4.78 is 37.6. The topological polar surface area (TPSA) is 46.3 Å². The molecule has 0 aromatic heterocycles. The molecule has 2 unspecified atom stereocenters. The number of likely N-dealkylation sites (tertiary alicyclic amines) is 1. The predicted molar refractivity (Wildman–Crippen MR) is 58.2 cm³/mol. The molecule has 3 nitrogen and oxygen atoms in total. The lowest BCUT2D eigenvalue weighted by molar-refractivity contribution is -0.188. The monoisotopic (exact) mass is 252 g/mol. The normalized spacial score (nSPS) is 23.6. The summed E-state index contributed by atoms with van der Waals surface area (Å²) >= 11 is 0. The van der Waals surface area contributed by atoms with Gasteiger partial charge in [-0.25, -0.2) is 0 Å². The largest absolute Gasteiger partial charge is 0.393 e. The first kappa shape index (κ1) is 14.3. The van der Waals surface area contributed by atoms with Crippen molar-refractivity contribution in [2.75, 3.05) is 13.1 Å². The Bertz CT molecular complexity index is 266. The Hall–Kier alpha value is -0.780. The number of nitrogens with two attached hydrogens (primary N) is 1. The Morgan fingerprint density at radius 2 is 2.18 bits per heavy atom. The molecular weight excluding hydrogens is 233 g/mol. The van der Waals surface area contributed by atoms with Gasteiger partial charge >= 0.3 is 6.18 Å². The van der Waals surface area contributed by atoms with E-state index < -0.39 is 12.1 Å². The summed E-state index contributed by atoms with van der Waals surface area (Å²) in [4.78, 5) is 13.0. The van der Waals surface area contributed by atoms with Crippen LogP contribution in [0.2, 0.25) is 0 Å². The van der Waals surface area contributed by atoms with Gasteiger partial charge in [-0.1, -0.05) is 0 Å². The van der Waals surface area contributed by atoms with Crippen molar-refractivity contribution in [1.82, 2.24) is 4.90 Å². The maximum Gasteiger partial charge on any atom is 0.393 e. The first-order valence-corrected chi connectivity index (χ1v) is 5.90. The van der Waals surface area contributed by atoms with Crippen LogP contribution in [0.3, 0.4) is 0 Å². The minimum absolute atomic E-state index is 0.0952. The molecule has 0 aromatic rings. The number of hydrogen-bond acceptors (Lipinski definition) is 2. The Labute approximate surface area is 99.1 Å². The Morgan fingerprint density at radius 1 is 1.53 bits per heavy atom. The van der Waals surface area contributed by atoms with Crippen LogP contribution in [0, 0.1) is 5.92 Å². The molecule has 0 radical (unpaired) electrons. The van der Waals surface area contributed by atoms with Gasteiger partial charge < -0.3 is 10.6 Å². The molecular formula is C11H19F3N2O. The molecule has 0 bridgehead atoms. The number of carbonyl (C=O) groups excluding carboxylic acids is 1. The molecule has 2 N–H and O–H groups in total. The van der Waals surface area contributed by atoms with Crippen LogP contribution in [0.1, 0.15) is 32.6 Å². The van der Waals surface area contributed by atoms with E-state index in [1.807, 2.05) is 0 Å². The van der Waals surface area contributed by atoms with Gasteiger partial charge in [0.05, 0.1) is 5.92 Å². The van der Waals surface area contributed by atoms with E-state index in [1.165, 1.54) is 4.90 Å². The molecule has 1 aliphatic heterocycles. The van der Waals surface area contributed by atoms with E-state index in [2.05, 4.69) is 0 Å². The zero-order valence-corrected chi connectivity index (χ0v) is 9.96. The molecule has 1 heterocycles. The second kappa shape index (κ2) is 5.71. The van der Waals surface area contributed by atoms with Gasteiger partial charge in [-0.3, -0.25) is 4.79 Å². The molecule has 0 spiro atoms. The van der Waals surface area contributed by atoms with E-state index in [9.17, 15) is 18.0 Å². The third-order valence-electron chi connectivity index (χ3n) is 3.05. The van der Waals surface area contributed by atoms with Crippen molar-refractivity contribution in [3.63, 3.8) is 0 Å². The van der Waals surface area contributed by atoms with Crippen LogP contribution in [-0.4, -0.2) is 36.1 Å². The van der Waals surface area contributed by atoms with Crippen molar-refractivity contribution in [1.29, 1.82) is 0 Å². The van der Waals surface area contributed by atoms with Gasteiger partial charge in [0.1, 0.15) is 0 Å². The molecule has 1 aliphatic rings. The summed E-state index contributed by atoms with van der Waals surface area (Å²) in [5.74, 6) is -1.58. The van der Waals surface area contributed by atoms with Crippen molar-refractivity contribution in [2.24, 2.45) is 11.7 Å². The van der Waals surface area contributed by atoms with Crippen LogP contribution in [-0.2, 0) is 4.79 Å². The van der Waals surface area contributed by atoms with E-state index in [-0.39, 0.29) is 31.3 Å². The van der Waals surface area contributed by atoms with Crippen molar-refractivity contribution >= 4 is 5.91 Å². The Balaban J connectivity index is 2.46. The van der Waals surface area contributed by atoms with Gasteiger partial charge in [-0.15, -0.1) is 0 Å². The van der Waals surface area contributed by atoms with Gasteiger partial charge in [0.25, 0.3) is 0 Å². The van der Waals surface area contributed by atoms with Crippen LogP contribution >= 0.6 is 0 Å². The van der Waals surface area contributed by atoms with E-state index in [0.29, 0.717) is 19.4 Å². The van der Waals surface area contributed by atoms with Crippen LogP contribution in [0.5, 0.6) is 0 Å². The highest BCUT2D eigenvalue weighted by Gasteiger charge is 2.42. The van der Waals surface area contributed by atoms with Gasteiger partial charge in [0, 0.05) is 25.6 Å². The lowest BCUT2D eigenvalue weighted by Crippen LogP contribution is -2.44. The van der Waals surface area contributed by atoms with Crippen LogP contribution in [0.25, 0.3) is 0 Å². The molecule has 0 aliphatic carbocycles. The molecule has 17 heavy (non-hydrogen) atoms. The minimum atomic E-state index is -4.19. The van der Waals surface area contributed by atoms with Gasteiger partial charge in [0.15, 0.2) is 0 Å². The number of rotatable bonds is 3. The van der Waals surface area contributed by atoms with Gasteiger partial charge in [0.2, 0.25) is 5.91 Å². The number of halogens is 3. The van der Waals surface area contributed by atoms with Crippen molar-refractivity contribution in [3.8, 4) is 0 Å². The Kier molecular flexibility index (Phi) is 4.80. The van der Waals surface area contributed by atoms with Crippen LogP contribution in [0.4, 0.5) is 13.2 Å². The fraction of sp³-hybridized carbons (Fsp3) is 0.909. The average molecular weight is 252 g/mol. The fourth-order valence-corrected chi connectivity index (χ4v) is 1.98. The van der Waals surface area contributed by atoms with Gasteiger partial charge in [-0.05, 0) is 26.2 Å². The maximum absolute atomic E-state index is 12.5. The first-order valence-electron chi connectivity index (χ1n) is 5.90. The summed E-state index contributed by atoms with van der Waals surface area (Å²) in [6.45, 7) is 2.02. The van der Waals surface area contributed by atoms with E-state index >= 15 is 0 Å². The predicted octanol–water partition coefficient (Wildman–Crippen LogP) is 1.91. The quantitative estimate of drug-likeness (QED) is 0.834. The number of carbonyl (C=O) groups is 1. The fourth-order valence-electron chi connectivity index (χ4n) is 1.98. The average Bonchev–Trinajstić information content (AvgIpc) is 2.25. The summed E-state index contributed by atoms with van der Waals surface area (Å²) in [6.07, 6.45) is -2.89. The number of nitrogens with zero attached hydrogens (tertiary/aromatic N) is 1. The summed E-state index contributed by atoms with van der Waals surface area (Å²) in [5, 5.41) is 0. The number of amides is 1. The maximum atomic E-state index is 12.5. The zero-order chi connectivity index (χ0) is 13.1. The molecule has 0 aromatic carbocycles. The second-order valence-corrected chi connectivity index (χ2v) is 4.74. The van der Waals surface area contributed by atoms with E-state index in [0.717, 1.165) is 0 Å². The van der Waals surface area contributed by atoms with Crippen molar-refractivity contribution in [3.05, 3.63) is 0 Å². The number of hydrogen-bond donors (Lipinski definition) is 1. The van der Waals surface area contributed by atoms with Crippen molar-refractivity contribution in [2.45, 2.75) is 44.8 Å². The summed E-state index contributed by atoms with van der Waals surface area (Å²) in [7, 11) is 0. The van der Waals surface area contributed by atoms with E-state index in [4.69, 9.17) is 5.73 Å². The lowest BCUT2D eigenvalue weighted by atomic mass is 9.97. The van der Waals surface area contributed by atoms with Crippen LogP contribution in [0.15, 0.2) is 0 Å². The molecule has 0 saturated carbocycles. The first-order chi connectivity index (χ1) is 7.80. The van der Waals surface area contributed by atoms with Crippen molar-refractivity contribution < 1.29 is 18.0 Å². The lowest BCUT2D eigenvalue weighted by Gasteiger charge is -2.33. The molecule has 1 saturated heterocycles. The second-order valence-electron chi connectivity index (χ2n) is 4.74. The molecule has 6 heteroatoms. The van der Waals surface area contributed by atoms with E-state index in [1.54, 1.807) is 6.92 Å². The smallest absolute Gasteiger partial charge is 0.342 e. The van der Waals surface area contributed by atoms with Crippen LogP contribution < -0.4 is 5.73 Å². The third kappa shape index (κ3) is 4.53. The zero-order valence-electron chi connectivity index (χ0n) is 9.96. The highest BCUT2D eigenvalue weighted by molar-refractivity contribution is 5.76. The minimum Gasteiger partial charge on any atom is -0.342 e. The standard InChI is InChI=1S/C11H19F3N2O/c1-8(15)4-5-10(17)16-6-2-3-9(7-16)11(12,13)14/h8-9H,2-7,15H2,1H3.